The fraction of sp³-hybridized carbons (Fsp3) is 0.756. The molecule has 1 aromatic heterocycles. The molecule has 4 rings (SSSR count). The highest BCUT2D eigenvalue weighted by Crippen LogP contribution is 2.27. The summed E-state index contributed by atoms with van der Waals surface area (Å²) in [5.41, 5.74) is 0.173. The smallest absolute Gasteiger partial charge is 0.289 e. The lowest BCUT2D eigenvalue weighted by atomic mass is 9.83. The molecule has 2 aliphatic carbocycles. The first-order valence-corrected chi connectivity index (χ1v) is 20.5. The topological polar surface area (TPSA) is 180 Å². The molecule has 1 saturated heterocycles. The molecule has 2 saturated carbocycles. The molecule has 0 aromatic carbocycles. The number of amides is 4. The average molecular weight is 764 g/mol. The van der Waals surface area contributed by atoms with E-state index in [1.807, 2.05) is 39.6 Å². The second-order valence-corrected chi connectivity index (χ2v) is 13.5. The van der Waals surface area contributed by atoms with Gasteiger partial charge >= 0.3 is 0 Å². The highest BCUT2D eigenvalue weighted by molar-refractivity contribution is 6.37. The van der Waals surface area contributed by atoms with Gasteiger partial charge in [-0.2, -0.15) is 0 Å². The molecule has 2 heterocycles. The van der Waals surface area contributed by atoms with Crippen molar-refractivity contribution in [3.63, 3.8) is 0 Å². The quantitative estimate of drug-likeness (QED) is 0.154. The first-order chi connectivity index (χ1) is 25.9. The molecular weight excluding hydrogens is 686 g/mol. The van der Waals surface area contributed by atoms with Crippen LogP contribution in [0.15, 0.2) is 18.6 Å². The molecule has 13 nitrogen and oxygen atoms in total. The van der Waals surface area contributed by atoms with Crippen LogP contribution in [0.1, 0.15) is 157 Å². The van der Waals surface area contributed by atoms with Crippen molar-refractivity contribution >= 4 is 35.7 Å². The van der Waals surface area contributed by atoms with Crippen LogP contribution in [0.5, 0.6) is 0 Å². The zero-order chi connectivity index (χ0) is 41.9. The van der Waals surface area contributed by atoms with Crippen molar-refractivity contribution in [2.75, 3.05) is 26.7 Å². The van der Waals surface area contributed by atoms with E-state index in [2.05, 4.69) is 79.7 Å². The number of likely N-dealkylation sites (N-methyl/N-ethyl adjacent to an activating group) is 1. The molecular formula is C41H77N7O6. The lowest BCUT2D eigenvalue weighted by molar-refractivity contribution is -0.138. The molecule has 3 fully saturated rings. The van der Waals surface area contributed by atoms with Gasteiger partial charge in [-0.3, -0.25) is 33.9 Å². The Morgan fingerprint density at radius 3 is 1.83 bits per heavy atom. The Hall–Kier alpha value is -3.74. The number of carbonyl (C=O) groups excluding carboxylic acids is 6. The van der Waals surface area contributed by atoms with Crippen LogP contribution < -0.4 is 21.3 Å². The van der Waals surface area contributed by atoms with Crippen molar-refractivity contribution in [1.82, 2.24) is 36.1 Å². The number of carbonyl (C=O) groups is 6. The predicted molar refractivity (Wildman–Crippen MR) is 219 cm³/mol. The molecule has 0 radical (unpaired) electrons. The van der Waals surface area contributed by atoms with E-state index >= 15 is 0 Å². The van der Waals surface area contributed by atoms with E-state index in [-0.39, 0.29) is 48.6 Å². The summed E-state index contributed by atoms with van der Waals surface area (Å²) < 4.78 is 0. The molecule has 54 heavy (non-hydrogen) atoms. The van der Waals surface area contributed by atoms with Gasteiger partial charge in [-0.15, -0.1) is 0 Å². The van der Waals surface area contributed by atoms with Crippen molar-refractivity contribution in [3.05, 3.63) is 24.3 Å². The van der Waals surface area contributed by atoms with Gasteiger partial charge < -0.3 is 26.1 Å². The summed E-state index contributed by atoms with van der Waals surface area (Å²) in [5.74, 6) is -1.15. The van der Waals surface area contributed by atoms with Crippen LogP contribution in [0.4, 0.5) is 0 Å². The number of aromatic nitrogens is 2. The monoisotopic (exact) mass is 764 g/mol. The Balaban J connectivity index is -0.000000726. The lowest BCUT2D eigenvalue weighted by Gasteiger charge is -2.29. The Morgan fingerprint density at radius 1 is 0.833 bits per heavy atom. The van der Waals surface area contributed by atoms with Crippen LogP contribution in [0.2, 0.25) is 0 Å². The minimum atomic E-state index is -0.644. The second-order valence-electron chi connectivity index (χ2n) is 13.5. The van der Waals surface area contributed by atoms with Crippen molar-refractivity contribution in [1.29, 1.82) is 0 Å². The number of aldehydes is 1. The largest absolute Gasteiger partial charge is 0.348 e. The summed E-state index contributed by atoms with van der Waals surface area (Å²) in [6, 6.07) is -0.642. The Morgan fingerprint density at radius 2 is 1.39 bits per heavy atom. The number of ketones is 1. The van der Waals surface area contributed by atoms with Crippen LogP contribution in [0, 0.1) is 11.8 Å². The van der Waals surface area contributed by atoms with Crippen LogP contribution in [0.3, 0.4) is 0 Å². The maximum atomic E-state index is 12.2. The minimum absolute atomic E-state index is 0.0525. The summed E-state index contributed by atoms with van der Waals surface area (Å²) in [7, 11) is 1.89. The molecule has 3 aliphatic rings. The number of nitrogens with one attached hydrogen (secondary N) is 4. The van der Waals surface area contributed by atoms with Gasteiger partial charge in [0.1, 0.15) is 18.0 Å². The molecule has 0 spiro atoms. The molecule has 312 valence electrons. The molecule has 1 aliphatic heterocycles. The molecule has 0 bridgehead atoms. The van der Waals surface area contributed by atoms with E-state index in [1.165, 1.54) is 31.4 Å². The maximum absolute atomic E-state index is 12.2. The third kappa shape index (κ3) is 27.8. The number of likely N-dealkylation sites (tertiary alicyclic amines) is 1. The predicted octanol–water partition coefficient (Wildman–Crippen LogP) is 6.06. The van der Waals surface area contributed by atoms with Gasteiger partial charge in [0, 0.05) is 18.4 Å². The highest BCUT2D eigenvalue weighted by atomic mass is 16.2. The summed E-state index contributed by atoms with van der Waals surface area (Å²) in [5, 5.41) is 10.4. The van der Waals surface area contributed by atoms with E-state index < -0.39 is 23.6 Å². The fourth-order valence-corrected chi connectivity index (χ4v) is 4.85. The van der Waals surface area contributed by atoms with Gasteiger partial charge in [-0.1, -0.05) is 108 Å². The number of rotatable bonds is 11. The summed E-state index contributed by atoms with van der Waals surface area (Å²) in [6.45, 7) is 23.6. The fourth-order valence-electron chi connectivity index (χ4n) is 4.85. The van der Waals surface area contributed by atoms with Gasteiger partial charge in [-0.05, 0) is 64.0 Å². The Labute approximate surface area is 327 Å². The summed E-state index contributed by atoms with van der Waals surface area (Å²) >= 11 is 0. The molecule has 4 amide bonds. The molecule has 2 unspecified atom stereocenters. The molecule has 13 heteroatoms. The van der Waals surface area contributed by atoms with E-state index in [9.17, 15) is 28.8 Å². The number of hydrogen-bond donors (Lipinski definition) is 4. The molecule has 2 atom stereocenters. The zero-order valence-electron chi connectivity index (χ0n) is 35.9. The average Bonchev–Trinajstić information content (AvgIpc) is 3.89. The van der Waals surface area contributed by atoms with Crippen LogP contribution >= 0.6 is 0 Å². The van der Waals surface area contributed by atoms with Gasteiger partial charge in [0.2, 0.25) is 17.6 Å². The van der Waals surface area contributed by atoms with Crippen LogP contribution in [-0.2, 0) is 24.0 Å². The Kier molecular flexibility index (Phi) is 36.7. The lowest BCUT2D eigenvalue weighted by Crippen LogP contribution is -2.51. The first-order valence-electron chi connectivity index (χ1n) is 20.5. The van der Waals surface area contributed by atoms with Gasteiger partial charge in [0.15, 0.2) is 0 Å². The summed E-state index contributed by atoms with van der Waals surface area (Å²) in [4.78, 5) is 79.3. The minimum Gasteiger partial charge on any atom is -0.348 e. The van der Waals surface area contributed by atoms with Crippen LogP contribution in [-0.4, -0.2) is 95.4 Å². The summed E-state index contributed by atoms with van der Waals surface area (Å²) in [6.07, 6.45) is 16.1. The van der Waals surface area contributed by atoms with Gasteiger partial charge in [-0.25, -0.2) is 4.98 Å². The number of hydrogen-bond acceptors (Lipinski definition) is 9. The highest BCUT2D eigenvalue weighted by Gasteiger charge is 2.32. The zero-order valence-corrected chi connectivity index (χ0v) is 35.9. The molecule has 4 N–H and O–H groups in total. The van der Waals surface area contributed by atoms with Crippen molar-refractivity contribution < 1.29 is 28.8 Å². The van der Waals surface area contributed by atoms with Gasteiger partial charge in [0.25, 0.3) is 11.8 Å². The SMILES string of the molecule is CC.CC.CC(C)C.CCC.CCC.CN1CCCC1C(=O)NCC(=O)C(=O)NC1CC1.O=CCNC(=O)C(NC(=O)c1cnccn1)C1CCCCC1. The standard InChI is InChI=1S/C15H20N4O3.C12H19N3O3.C4H10.2C3H8.2C2H6/c20-9-8-18-15(22)13(11-4-2-1-3-5-11)19-14(21)12-10-16-6-7-17-12;1-15-6-2-3-9(15)11(17)13-7-10(16)12(18)14-8-4-5-8;1-4(2)3;2*1-3-2;2*1-2/h6-7,9-11,13H,1-5,8H2,(H,18,22)(H,19,21);8-9H,2-7H2,1H3,(H,13,17)(H,14,18);4H,1-3H3;2*3H2,1-2H3;2*1-2H3. The van der Waals surface area contributed by atoms with Crippen molar-refractivity contribution in [2.24, 2.45) is 11.8 Å². The number of Topliss-reactive ketones (excluding diaryl/α,β-unsaturated/α-hetero) is 1. The third-order valence-corrected chi connectivity index (χ3v) is 7.26. The Bertz CT molecular complexity index is 1120. The van der Waals surface area contributed by atoms with E-state index in [1.54, 1.807) is 0 Å². The first kappa shape index (κ1) is 54.6. The van der Waals surface area contributed by atoms with Crippen molar-refractivity contribution in [2.45, 2.75) is 165 Å². The van der Waals surface area contributed by atoms with Crippen molar-refractivity contribution in [3.8, 4) is 0 Å². The normalized spacial score (nSPS) is 16.2. The second kappa shape index (κ2) is 36.2. The van der Waals surface area contributed by atoms with Gasteiger partial charge in [0.05, 0.1) is 25.3 Å². The molecule has 1 aromatic rings. The van der Waals surface area contributed by atoms with E-state index in [4.69, 9.17) is 0 Å². The van der Waals surface area contributed by atoms with E-state index in [0.29, 0.717) is 6.29 Å². The van der Waals surface area contributed by atoms with Crippen LogP contribution in [0.25, 0.3) is 0 Å². The number of nitrogens with zero attached hydrogens (tertiary/aromatic N) is 3. The van der Waals surface area contributed by atoms with E-state index in [0.717, 1.165) is 70.3 Å². The third-order valence-electron chi connectivity index (χ3n) is 7.26. The maximum Gasteiger partial charge on any atom is 0.289 e.